The van der Waals surface area contributed by atoms with E-state index in [0.29, 0.717) is 0 Å². The SMILES string of the molecule is O=S(=O)([O-])CC(F)(F)F.[SH2+]c1ccc(OC2CCCO2)cc1. The van der Waals surface area contributed by atoms with Crippen LogP contribution < -0.4 is 4.74 Å². The van der Waals surface area contributed by atoms with E-state index in [1.807, 2.05) is 24.3 Å². The molecule has 1 fully saturated rings. The maximum atomic E-state index is 11.0. The summed E-state index contributed by atoms with van der Waals surface area (Å²) in [5, 5.41) is 0. The molecule has 5 nitrogen and oxygen atoms in total. The quantitative estimate of drug-likeness (QED) is 0.605. The van der Waals surface area contributed by atoms with Gasteiger partial charge in [-0.1, -0.05) is 0 Å². The van der Waals surface area contributed by atoms with Crippen molar-refractivity contribution in [1.82, 2.24) is 0 Å². The number of benzene rings is 1. The molecule has 1 saturated heterocycles. The van der Waals surface area contributed by atoms with Gasteiger partial charge < -0.3 is 14.0 Å². The summed E-state index contributed by atoms with van der Waals surface area (Å²) < 4.78 is 72.0. The Balaban J connectivity index is 0.000000239. The van der Waals surface area contributed by atoms with E-state index in [2.05, 4.69) is 12.6 Å². The first-order valence-electron chi connectivity index (χ1n) is 6.15. The molecule has 1 aromatic rings. The first-order valence-corrected chi connectivity index (χ1v) is 8.23. The van der Waals surface area contributed by atoms with Gasteiger partial charge in [-0.05, 0) is 43.3 Å². The van der Waals surface area contributed by atoms with Crippen LogP contribution in [0, 0.1) is 0 Å². The van der Waals surface area contributed by atoms with E-state index in [-0.39, 0.29) is 6.29 Å². The predicted molar refractivity (Wildman–Crippen MR) is 75.1 cm³/mol. The molecule has 0 radical (unpaired) electrons. The Morgan fingerprint density at radius 3 is 2.27 bits per heavy atom. The fraction of sp³-hybridized carbons (Fsp3) is 0.500. The van der Waals surface area contributed by atoms with Gasteiger partial charge in [0.25, 0.3) is 0 Å². The standard InChI is InChI=1S/C10H12O2S.C2H3F3O3S/c13-9-5-3-8(4-6-9)12-10-2-1-7-11-10;3-2(4,5)1-9(6,7)8/h3-6,10,13H,1-2,7H2;1H2,(H,6,7,8). The minimum absolute atomic E-state index is 0.0411. The lowest BCUT2D eigenvalue weighted by Crippen LogP contribution is -2.21. The molecule has 0 amide bonds. The number of halogens is 3. The molecule has 1 atom stereocenters. The summed E-state index contributed by atoms with van der Waals surface area (Å²) in [4.78, 5) is 1.06. The third-order valence-corrected chi connectivity index (χ3v) is 3.36. The molecule has 0 spiro atoms. The third-order valence-electron chi connectivity index (χ3n) is 2.35. The molecule has 1 aliphatic rings. The predicted octanol–water partition coefficient (Wildman–Crippen LogP) is 1.67. The molecule has 1 unspecified atom stereocenters. The minimum atomic E-state index is -5.16. The van der Waals surface area contributed by atoms with E-state index in [1.54, 1.807) is 0 Å². The van der Waals surface area contributed by atoms with E-state index in [9.17, 15) is 26.1 Å². The smallest absolute Gasteiger partial charge is 0.401 e. The highest BCUT2D eigenvalue weighted by Crippen LogP contribution is 2.19. The molecule has 1 heterocycles. The van der Waals surface area contributed by atoms with Crippen molar-refractivity contribution in [2.75, 3.05) is 12.4 Å². The van der Waals surface area contributed by atoms with E-state index < -0.39 is 22.0 Å². The minimum Gasteiger partial charge on any atom is -0.748 e. The van der Waals surface area contributed by atoms with Crippen LogP contribution in [0.4, 0.5) is 13.2 Å². The number of rotatable bonds is 3. The Labute approximate surface area is 131 Å². The van der Waals surface area contributed by atoms with Crippen molar-refractivity contribution >= 4 is 22.7 Å². The van der Waals surface area contributed by atoms with Crippen molar-refractivity contribution in [2.45, 2.75) is 30.2 Å². The normalized spacial score (nSPS) is 18.5. The highest BCUT2D eigenvalue weighted by Gasteiger charge is 2.30. The molecule has 0 N–H and O–H groups in total. The molecule has 1 aliphatic heterocycles. The van der Waals surface area contributed by atoms with E-state index in [1.165, 1.54) is 0 Å². The van der Waals surface area contributed by atoms with E-state index in [0.717, 1.165) is 30.1 Å². The second kappa shape index (κ2) is 8.04. The van der Waals surface area contributed by atoms with Gasteiger partial charge in [-0.15, -0.1) is 0 Å². The summed E-state index contributed by atoms with van der Waals surface area (Å²) in [5.74, 6) is -1.42. The van der Waals surface area contributed by atoms with Gasteiger partial charge in [0.2, 0.25) is 0 Å². The highest BCUT2D eigenvalue weighted by atomic mass is 32.2. The lowest BCUT2D eigenvalue weighted by atomic mass is 10.3. The van der Waals surface area contributed by atoms with Crippen LogP contribution in [0.3, 0.4) is 0 Å². The number of alkyl halides is 3. The second-order valence-corrected chi connectivity index (χ2v) is 6.38. The summed E-state index contributed by atoms with van der Waals surface area (Å²) in [6, 6.07) is 7.79. The molecule has 0 bridgehead atoms. The zero-order valence-corrected chi connectivity index (χ0v) is 13.1. The van der Waals surface area contributed by atoms with Crippen LogP contribution >= 0.6 is 0 Å². The van der Waals surface area contributed by atoms with Gasteiger partial charge in [-0.3, -0.25) is 0 Å². The summed E-state index contributed by atoms with van der Waals surface area (Å²) in [5.41, 5.74) is 0. The lowest BCUT2D eigenvalue weighted by molar-refractivity contribution is -0.107. The van der Waals surface area contributed by atoms with Gasteiger partial charge in [-0.25, -0.2) is 8.42 Å². The van der Waals surface area contributed by atoms with Crippen LogP contribution in [0.2, 0.25) is 0 Å². The van der Waals surface area contributed by atoms with Gasteiger partial charge in [0.05, 0.1) is 6.61 Å². The van der Waals surface area contributed by atoms with Crippen LogP contribution in [0.25, 0.3) is 0 Å². The molecule has 22 heavy (non-hydrogen) atoms. The number of hydrogen-bond acceptors (Lipinski definition) is 5. The van der Waals surface area contributed by atoms with Gasteiger partial charge in [0.15, 0.2) is 11.2 Å². The molecule has 2 rings (SSSR count). The summed E-state index contributed by atoms with van der Waals surface area (Å²) in [6.45, 7) is 0.820. The maximum Gasteiger partial charge on any atom is 0.401 e. The summed E-state index contributed by atoms with van der Waals surface area (Å²) in [6.07, 6.45) is -2.86. The molecular weight excluding hydrogens is 345 g/mol. The molecule has 0 saturated carbocycles. The average molecular weight is 360 g/mol. The Morgan fingerprint density at radius 1 is 1.32 bits per heavy atom. The third kappa shape index (κ3) is 9.13. The highest BCUT2D eigenvalue weighted by molar-refractivity contribution is 7.85. The van der Waals surface area contributed by atoms with Gasteiger partial charge in [0.1, 0.15) is 21.6 Å². The van der Waals surface area contributed by atoms with Gasteiger partial charge in [0, 0.05) is 6.42 Å². The second-order valence-electron chi connectivity index (χ2n) is 4.40. The Bertz CT molecular complexity index is 551. The van der Waals surface area contributed by atoms with Crippen molar-refractivity contribution in [3.8, 4) is 5.75 Å². The van der Waals surface area contributed by atoms with Crippen molar-refractivity contribution in [1.29, 1.82) is 0 Å². The van der Waals surface area contributed by atoms with Crippen molar-refractivity contribution in [2.24, 2.45) is 0 Å². The van der Waals surface area contributed by atoms with Crippen LogP contribution in [0.1, 0.15) is 12.8 Å². The largest absolute Gasteiger partial charge is 0.748 e. The van der Waals surface area contributed by atoms with Crippen LogP contribution in [0.5, 0.6) is 5.75 Å². The summed E-state index contributed by atoms with van der Waals surface area (Å²) >= 11 is 3.42. The average Bonchev–Trinajstić information content (AvgIpc) is 2.81. The zero-order valence-electron chi connectivity index (χ0n) is 11.3. The molecule has 126 valence electrons. The monoisotopic (exact) mass is 360 g/mol. The van der Waals surface area contributed by atoms with Crippen LogP contribution in [0.15, 0.2) is 29.2 Å². The first-order chi connectivity index (χ1) is 10.1. The zero-order chi connectivity index (χ0) is 16.8. The van der Waals surface area contributed by atoms with E-state index in [4.69, 9.17) is 9.47 Å². The van der Waals surface area contributed by atoms with Crippen LogP contribution in [-0.4, -0.2) is 37.8 Å². The first kappa shape index (κ1) is 19.1. The van der Waals surface area contributed by atoms with E-state index >= 15 is 0 Å². The number of ether oxygens (including phenoxy) is 2. The van der Waals surface area contributed by atoms with Gasteiger partial charge >= 0.3 is 6.18 Å². The maximum absolute atomic E-state index is 11.0. The topological polar surface area (TPSA) is 75.7 Å². The molecule has 10 heteroatoms. The molecular formula is C12H15F3O5S2. The van der Waals surface area contributed by atoms with Gasteiger partial charge in [-0.2, -0.15) is 13.2 Å². The summed E-state index contributed by atoms with van der Waals surface area (Å²) in [7, 11) is -5.16. The Morgan fingerprint density at radius 2 is 1.91 bits per heavy atom. The Hall–Kier alpha value is -0.970. The number of hydrogen-bond donors (Lipinski definition) is 0. The lowest BCUT2D eigenvalue weighted by Gasteiger charge is -2.11. The van der Waals surface area contributed by atoms with Crippen LogP contribution in [-0.2, 0) is 27.5 Å². The van der Waals surface area contributed by atoms with Crippen molar-refractivity contribution in [3.05, 3.63) is 24.3 Å². The van der Waals surface area contributed by atoms with Crippen molar-refractivity contribution in [3.63, 3.8) is 0 Å². The Kier molecular flexibility index (Phi) is 6.98. The molecule has 0 aromatic heterocycles. The molecule has 1 aromatic carbocycles. The fourth-order valence-corrected chi connectivity index (χ4v) is 2.09. The van der Waals surface area contributed by atoms with Crippen molar-refractivity contribution < 1.29 is 35.6 Å². The molecule has 0 aliphatic carbocycles. The fourth-order valence-electron chi connectivity index (χ4n) is 1.53.